The minimum Gasteiger partial charge on any atom is -0.493 e. The molecule has 0 atom stereocenters. The Labute approximate surface area is 226 Å². The van der Waals surface area contributed by atoms with Crippen LogP contribution in [0.1, 0.15) is 25.7 Å². The third-order valence-electron chi connectivity index (χ3n) is 7.19. The van der Waals surface area contributed by atoms with Crippen molar-refractivity contribution in [3.63, 3.8) is 0 Å². The van der Waals surface area contributed by atoms with E-state index < -0.39 is 5.82 Å². The van der Waals surface area contributed by atoms with Gasteiger partial charge in [0.2, 0.25) is 0 Å². The molecule has 0 spiro atoms. The maximum absolute atomic E-state index is 13.6. The third kappa shape index (κ3) is 5.86. The second kappa shape index (κ2) is 11.6. The molecule has 2 fully saturated rings. The van der Waals surface area contributed by atoms with Gasteiger partial charge in [-0.15, -0.1) is 0 Å². The molecule has 1 aliphatic carbocycles. The first-order valence-electron chi connectivity index (χ1n) is 12.9. The van der Waals surface area contributed by atoms with Crippen LogP contribution in [0.3, 0.4) is 0 Å². The highest BCUT2D eigenvalue weighted by molar-refractivity contribution is 6.31. The number of hydrogen-bond acceptors (Lipinski definition) is 7. The Bertz CT molecular complexity index is 1300. The van der Waals surface area contributed by atoms with Crippen molar-refractivity contribution in [1.82, 2.24) is 25.1 Å². The van der Waals surface area contributed by atoms with Crippen molar-refractivity contribution in [1.29, 1.82) is 0 Å². The van der Waals surface area contributed by atoms with Crippen molar-refractivity contribution < 1.29 is 18.7 Å². The fourth-order valence-corrected chi connectivity index (χ4v) is 5.19. The van der Waals surface area contributed by atoms with Crippen LogP contribution < -0.4 is 20.1 Å². The van der Waals surface area contributed by atoms with Gasteiger partial charge < -0.3 is 29.9 Å². The van der Waals surface area contributed by atoms with Crippen molar-refractivity contribution in [2.45, 2.75) is 37.8 Å². The smallest absolute Gasteiger partial charge is 0.319 e. The standard InChI is InChI=1S/C27H32ClFN6O3/c1-34-11-12-35(27(34)36)10-9-30-17-3-6-19(7-4-17)38-25-14-20-23(15-24(25)37-2)31-16-32-26(20)33-18-5-8-22(29)21(28)13-18/h5,8,13-17,19,30H,3-4,6-7,9-12H2,1-2H3,(H,31,32,33). The zero-order chi connectivity index (χ0) is 26.6. The van der Waals surface area contributed by atoms with Crippen LogP contribution in [0.5, 0.6) is 11.5 Å². The van der Waals surface area contributed by atoms with E-state index in [1.807, 2.05) is 24.1 Å². The summed E-state index contributed by atoms with van der Waals surface area (Å²) in [7, 11) is 3.45. The number of rotatable bonds is 9. The largest absolute Gasteiger partial charge is 0.493 e. The molecule has 0 bridgehead atoms. The average Bonchev–Trinajstić information content (AvgIpc) is 3.24. The fourth-order valence-electron chi connectivity index (χ4n) is 5.00. The van der Waals surface area contributed by atoms with Crippen LogP contribution in [0, 0.1) is 5.82 Å². The first-order chi connectivity index (χ1) is 18.4. The number of anilines is 2. The van der Waals surface area contributed by atoms with Crippen LogP contribution in [0.25, 0.3) is 10.9 Å². The van der Waals surface area contributed by atoms with Gasteiger partial charge in [-0.2, -0.15) is 0 Å². The molecule has 3 aromatic rings. The van der Waals surface area contributed by atoms with E-state index in [2.05, 4.69) is 20.6 Å². The Balaban J connectivity index is 1.22. The van der Waals surface area contributed by atoms with E-state index >= 15 is 0 Å². The fraction of sp³-hybridized carbons (Fsp3) is 0.444. The number of carbonyl (C=O) groups excluding carboxylic acids is 1. The van der Waals surface area contributed by atoms with E-state index in [0.29, 0.717) is 34.6 Å². The number of amides is 2. The highest BCUT2D eigenvalue weighted by Crippen LogP contribution is 2.37. The summed E-state index contributed by atoms with van der Waals surface area (Å²) in [5.74, 6) is 1.31. The number of halogens is 2. The van der Waals surface area contributed by atoms with Gasteiger partial charge in [0.1, 0.15) is 18.0 Å². The molecule has 2 amide bonds. The number of nitrogens with one attached hydrogen (secondary N) is 2. The Hall–Kier alpha value is -3.37. The normalized spacial score (nSPS) is 19.7. The van der Waals surface area contributed by atoms with Gasteiger partial charge in [-0.1, -0.05) is 11.6 Å². The summed E-state index contributed by atoms with van der Waals surface area (Å²) in [6.07, 6.45) is 5.33. The van der Waals surface area contributed by atoms with E-state index in [1.54, 1.807) is 18.1 Å². The van der Waals surface area contributed by atoms with E-state index in [1.165, 1.54) is 18.5 Å². The molecule has 0 radical (unpaired) electrons. The molecule has 11 heteroatoms. The van der Waals surface area contributed by atoms with Crippen molar-refractivity contribution >= 4 is 40.0 Å². The Morgan fingerprint density at radius 3 is 2.63 bits per heavy atom. The molecular formula is C27H32ClFN6O3. The number of fused-ring (bicyclic) bond motifs is 1. The number of methoxy groups -OCH3 is 1. The molecule has 38 heavy (non-hydrogen) atoms. The van der Waals surface area contributed by atoms with Crippen molar-refractivity contribution in [3.8, 4) is 11.5 Å². The topological polar surface area (TPSA) is 91.8 Å². The molecule has 1 saturated carbocycles. The molecule has 2 aromatic carbocycles. The highest BCUT2D eigenvalue weighted by Gasteiger charge is 2.26. The molecule has 1 aromatic heterocycles. The minimum atomic E-state index is -0.482. The zero-order valence-corrected chi connectivity index (χ0v) is 22.3. The molecule has 2 heterocycles. The summed E-state index contributed by atoms with van der Waals surface area (Å²) in [5, 5.41) is 7.58. The quantitative estimate of drug-likeness (QED) is 0.400. The Kier molecular flexibility index (Phi) is 7.99. The van der Waals surface area contributed by atoms with Gasteiger partial charge in [0.05, 0.1) is 23.8 Å². The van der Waals surface area contributed by atoms with Crippen molar-refractivity contribution in [2.75, 3.05) is 45.7 Å². The second-order valence-corrected chi connectivity index (χ2v) is 10.1. The van der Waals surface area contributed by atoms with Gasteiger partial charge in [-0.25, -0.2) is 19.2 Å². The highest BCUT2D eigenvalue weighted by atomic mass is 35.5. The van der Waals surface area contributed by atoms with Crippen LogP contribution in [0.15, 0.2) is 36.7 Å². The number of urea groups is 1. The van der Waals surface area contributed by atoms with E-state index in [9.17, 15) is 9.18 Å². The van der Waals surface area contributed by atoms with Gasteiger partial charge in [-0.3, -0.25) is 0 Å². The Morgan fingerprint density at radius 1 is 1.11 bits per heavy atom. The molecular weight excluding hydrogens is 511 g/mol. The number of ether oxygens (including phenoxy) is 2. The number of carbonyl (C=O) groups is 1. The molecule has 5 rings (SSSR count). The number of hydrogen-bond donors (Lipinski definition) is 2. The van der Waals surface area contributed by atoms with E-state index in [0.717, 1.165) is 57.2 Å². The van der Waals surface area contributed by atoms with Crippen LogP contribution in [0.4, 0.5) is 20.7 Å². The number of benzene rings is 2. The van der Waals surface area contributed by atoms with Gasteiger partial charge in [-0.05, 0) is 49.9 Å². The lowest BCUT2D eigenvalue weighted by Crippen LogP contribution is -2.41. The summed E-state index contributed by atoms with van der Waals surface area (Å²) >= 11 is 5.94. The lowest BCUT2D eigenvalue weighted by molar-refractivity contribution is 0.135. The SMILES string of the molecule is COc1cc2ncnc(Nc3ccc(F)c(Cl)c3)c2cc1OC1CCC(NCCN2CCN(C)C2=O)CC1. The molecule has 1 saturated heterocycles. The van der Waals surface area contributed by atoms with Crippen LogP contribution in [0.2, 0.25) is 5.02 Å². The molecule has 1 aliphatic heterocycles. The molecule has 9 nitrogen and oxygen atoms in total. The monoisotopic (exact) mass is 542 g/mol. The summed E-state index contributed by atoms with van der Waals surface area (Å²) < 4.78 is 25.6. The first-order valence-corrected chi connectivity index (χ1v) is 13.2. The summed E-state index contributed by atoms with van der Waals surface area (Å²) in [6, 6.07) is 8.66. The third-order valence-corrected chi connectivity index (χ3v) is 7.48. The van der Waals surface area contributed by atoms with Gasteiger partial charge in [0, 0.05) is 56.4 Å². The van der Waals surface area contributed by atoms with Gasteiger partial charge in [0.15, 0.2) is 11.5 Å². The number of aromatic nitrogens is 2. The molecule has 202 valence electrons. The van der Waals surface area contributed by atoms with Crippen LogP contribution in [-0.2, 0) is 0 Å². The van der Waals surface area contributed by atoms with E-state index in [4.69, 9.17) is 21.1 Å². The number of likely N-dealkylation sites (N-methyl/N-ethyl adjacent to an activating group) is 1. The van der Waals surface area contributed by atoms with Gasteiger partial charge in [0.25, 0.3) is 0 Å². The number of nitrogens with zero attached hydrogens (tertiary/aromatic N) is 4. The molecule has 2 aliphatic rings. The lowest BCUT2D eigenvalue weighted by atomic mass is 9.93. The van der Waals surface area contributed by atoms with Crippen molar-refractivity contribution in [3.05, 3.63) is 47.5 Å². The summed E-state index contributed by atoms with van der Waals surface area (Å²) in [5.41, 5.74) is 1.30. The predicted molar refractivity (Wildman–Crippen MR) is 145 cm³/mol. The Morgan fingerprint density at radius 2 is 1.92 bits per heavy atom. The molecule has 0 unspecified atom stereocenters. The second-order valence-electron chi connectivity index (χ2n) is 9.73. The maximum atomic E-state index is 13.6. The van der Waals surface area contributed by atoms with E-state index in [-0.39, 0.29) is 17.2 Å². The van der Waals surface area contributed by atoms with Gasteiger partial charge >= 0.3 is 6.03 Å². The first kappa shape index (κ1) is 26.2. The van der Waals surface area contributed by atoms with Crippen LogP contribution in [-0.4, -0.2) is 78.3 Å². The van der Waals surface area contributed by atoms with Crippen molar-refractivity contribution in [2.24, 2.45) is 0 Å². The predicted octanol–water partition coefficient (Wildman–Crippen LogP) is 4.82. The maximum Gasteiger partial charge on any atom is 0.319 e. The summed E-state index contributed by atoms with van der Waals surface area (Å²) in [6.45, 7) is 3.12. The average molecular weight is 543 g/mol. The zero-order valence-electron chi connectivity index (χ0n) is 21.5. The molecule has 2 N–H and O–H groups in total. The minimum absolute atomic E-state index is 0.0290. The summed E-state index contributed by atoms with van der Waals surface area (Å²) in [4.78, 5) is 24.5. The van der Waals surface area contributed by atoms with Crippen LogP contribution >= 0.6 is 11.6 Å². The lowest BCUT2D eigenvalue weighted by Gasteiger charge is -2.30.